The summed E-state index contributed by atoms with van der Waals surface area (Å²) in [6.07, 6.45) is 6.41. The molecule has 4 rings (SSSR count). The zero-order chi connectivity index (χ0) is 17.2. The molecule has 2 aromatic rings. The second-order valence-corrected chi connectivity index (χ2v) is 7.64. The summed E-state index contributed by atoms with van der Waals surface area (Å²) in [7, 11) is 0. The molecule has 2 heterocycles. The summed E-state index contributed by atoms with van der Waals surface area (Å²) in [5, 5.41) is 0.655. The van der Waals surface area contributed by atoms with Gasteiger partial charge in [-0.1, -0.05) is 55.1 Å². The SMILES string of the molecule is O=C(c1cccc(-c2ccccc2Cl)n1)N1CCC2CCCCC2C1. The van der Waals surface area contributed by atoms with E-state index in [4.69, 9.17) is 11.6 Å². The van der Waals surface area contributed by atoms with E-state index in [0.29, 0.717) is 16.6 Å². The average molecular weight is 355 g/mol. The first-order chi connectivity index (χ1) is 12.2. The molecule has 2 fully saturated rings. The van der Waals surface area contributed by atoms with E-state index in [1.54, 1.807) is 0 Å². The van der Waals surface area contributed by atoms with Crippen molar-refractivity contribution in [2.75, 3.05) is 13.1 Å². The van der Waals surface area contributed by atoms with Gasteiger partial charge in [-0.3, -0.25) is 4.79 Å². The monoisotopic (exact) mass is 354 g/mol. The maximum absolute atomic E-state index is 13.0. The molecule has 130 valence electrons. The number of aromatic nitrogens is 1. The summed E-state index contributed by atoms with van der Waals surface area (Å²) in [5.74, 6) is 1.55. The van der Waals surface area contributed by atoms with Gasteiger partial charge >= 0.3 is 0 Å². The largest absolute Gasteiger partial charge is 0.337 e. The second-order valence-electron chi connectivity index (χ2n) is 7.23. The third-order valence-electron chi connectivity index (χ3n) is 5.70. The lowest BCUT2D eigenvalue weighted by Crippen LogP contribution is -2.45. The molecule has 0 radical (unpaired) electrons. The van der Waals surface area contributed by atoms with Gasteiger partial charge in [-0.2, -0.15) is 0 Å². The van der Waals surface area contributed by atoms with Gasteiger partial charge in [0.2, 0.25) is 0 Å². The van der Waals surface area contributed by atoms with E-state index in [1.807, 2.05) is 47.4 Å². The number of fused-ring (bicyclic) bond motifs is 1. The summed E-state index contributed by atoms with van der Waals surface area (Å²) in [5.41, 5.74) is 2.14. The standard InChI is InChI=1S/C21H23ClN2O/c22-18-9-4-3-8-17(18)19-10-5-11-20(23-19)21(25)24-13-12-15-6-1-2-7-16(15)14-24/h3-5,8-11,15-16H,1-2,6-7,12-14H2. The van der Waals surface area contributed by atoms with Gasteiger partial charge in [0.1, 0.15) is 5.69 Å². The number of carbonyl (C=O) groups is 1. The number of piperidine rings is 1. The predicted molar refractivity (Wildman–Crippen MR) is 101 cm³/mol. The fraction of sp³-hybridized carbons (Fsp3) is 0.429. The van der Waals surface area contributed by atoms with Crippen LogP contribution in [-0.4, -0.2) is 28.9 Å². The van der Waals surface area contributed by atoms with Gasteiger partial charge in [-0.15, -0.1) is 0 Å². The molecule has 1 saturated carbocycles. The zero-order valence-corrected chi connectivity index (χ0v) is 15.1. The highest BCUT2D eigenvalue weighted by Gasteiger charge is 2.33. The van der Waals surface area contributed by atoms with Crippen LogP contribution in [-0.2, 0) is 0 Å². The third kappa shape index (κ3) is 3.43. The van der Waals surface area contributed by atoms with Crippen LogP contribution in [0.25, 0.3) is 11.3 Å². The Labute approximate surface area is 154 Å². The van der Waals surface area contributed by atoms with Crippen LogP contribution in [0.4, 0.5) is 0 Å². The molecule has 1 aliphatic heterocycles. The maximum atomic E-state index is 13.0. The molecule has 4 heteroatoms. The Morgan fingerprint density at radius 3 is 2.64 bits per heavy atom. The number of benzene rings is 1. The summed E-state index contributed by atoms with van der Waals surface area (Å²) in [6.45, 7) is 1.75. The highest BCUT2D eigenvalue weighted by molar-refractivity contribution is 6.33. The van der Waals surface area contributed by atoms with E-state index in [0.717, 1.165) is 36.7 Å². The molecule has 1 saturated heterocycles. The highest BCUT2D eigenvalue weighted by atomic mass is 35.5. The van der Waals surface area contributed by atoms with E-state index in [2.05, 4.69) is 4.98 Å². The number of nitrogens with zero attached hydrogens (tertiary/aromatic N) is 2. The zero-order valence-electron chi connectivity index (χ0n) is 14.3. The fourth-order valence-electron chi connectivity index (χ4n) is 4.32. The van der Waals surface area contributed by atoms with Crippen molar-refractivity contribution in [3.8, 4) is 11.3 Å². The molecule has 1 amide bonds. The first-order valence-electron chi connectivity index (χ1n) is 9.23. The lowest BCUT2D eigenvalue weighted by Gasteiger charge is -2.41. The van der Waals surface area contributed by atoms with Crippen molar-refractivity contribution in [2.45, 2.75) is 32.1 Å². The summed E-state index contributed by atoms with van der Waals surface area (Å²) in [4.78, 5) is 19.6. The van der Waals surface area contributed by atoms with Gasteiger partial charge in [0, 0.05) is 23.7 Å². The molecule has 3 nitrogen and oxygen atoms in total. The molecule has 25 heavy (non-hydrogen) atoms. The number of likely N-dealkylation sites (tertiary alicyclic amines) is 1. The maximum Gasteiger partial charge on any atom is 0.272 e. The number of amides is 1. The van der Waals surface area contributed by atoms with Crippen LogP contribution < -0.4 is 0 Å². The van der Waals surface area contributed by atoms with Crippen molar-refractivity contribution in [1.82, 2.24) is 9.88 Å². The van der Waals surface area contributed by atoms with Crippen molar-refractivity contribution < 1.29 is 4.79 Å². The van der Waals surface area contributed by atoms with Crippen LogP contribution in [0.15, 0.2) is 42.5 Å². The normalized spacial score (nSPS) is 23.2. The highest BCUT2D eigenvalue weighted by Crippen LogP contribution is 2.36. The minimum Gasteiger partial charge on any atom is -0.337 e. The Morgan fingerprint density at radius 2 is 1.80 bits per heavy atom. The van der Waals surface area contributed by atoms with Crippen LogP contribution in [0.3, 0.4) is 0 Å². The van der Waals surface area contributed by atoms with Crippen LogP contribution >= 0.6 is 11.6 Å². The predicted octanol–water partition coefficient (Wildman–Crippen LogP) is 5.05. The minimum absolute atomic E-state index is 0.0536. The number of carbonyl (C=O) groups excluding carboxylic acids is 1. The van der Waals surface area contributed by atoms with Crippen molar-refractivity contribution >= 4 is 17.5 Å². The minimum atomic E-state index is 0.0536. The first-order valence-corrected chi connectivity index (χ1v) is 9.61. The Kier molecular flexibility index (Phi) is 4.76. The van der Waals surface area contributed by atoms with Gasteiger partial charge in [0.15, 0.2) is 0 Å². The number of pyridine rings is 1. The van der Waals surface area contributed by atoms with Crippen LogP contribution in [0.2, 0.25) is 5.02 Å². The molecule has 2 aliphatic rings. The molecule has 0 bridgehead atoms. The lowest BCUT2D eigenvalue weighted by atomic mass is 9.75. The van der Waals surface area contributed by atoms with Gasteiger partial charge < -0.3 is 4.90 Å². The van der Waals surface area contributed by atoms with E-state index in [1.165, 1.54) is 25.7 Å². The van der Waals surface area contributed by atoms with E-state index < -0.39 is 0 Å². The fourth-order valence-corrected chi connectivity index (χ4v) is 4.55. The Morgan fingerprint density at radius 1 is 1.00 bits per heavy atom. The van der Waals surface area contributed by atoms with E-state index in [9.17, 15) is 4.79 Å². The molecule has 1 aromatic heterocycles. The van der Waals surface area contributed by atoms with Crippen LogP contribution in [0.5, 0.6) is 0 Å². The molecular weight excluding hydrogens is 332 g/mol. The number of hydrogen-bond donors (Lipinski definition) is 0. The topological polar surface area (TPSA) is 33.2 Å². The van der Waals surface area contributed by atoms with Crippen molar-refractivity contribution in [2.24, 2.45) is 11.8 Å². The molecule has 0 N–H and O–H groups in total. The van der Waals surface area contributed by atoms with E-state index in [-0.39, 0.29) is 5.91 Å². The number of halogens is 1. The van der Waals surface area contributed by atoms with Crippen molar-refractivity contribution in [1.29, 1.82) is 0 Å². The lowest BCUT2D eigenvalue weighted by molar-refractivity contribution is 0.0515. The Balaban J connectivity index is 1.55. The number of rotatable bonds is 2. The van der Waals surface area contributed by atoms with Gasteiger partial charge in [-0.05, 0) is 42.9 Å². The smallest absolute Gasteiger partial charge is 0.272 e. The summed E-state index contributed by atoms with van der Waals surface area (Å²) >= 11 is 6.28. The van der Waals surface area contributed by atoms with Gasteiger partial charge in [0.05, 0.1) is 5.69 Å². The van der Waals surface area contributed by atoms with E-state index >= 15 is 0 Å². The Bertz CT molecular complexity index is 776. The van der Waals surface area contributed by atoms with Gasteiger partial charge in [-0.25, -0.2) is 4.98 Å². The molecule has 2 atom stereocenters. The summed E-state index contributed by atoms with van der Waals surface area (Å²) in [6, 6.07) is 13.2. The number of hydrogen-bond acceptors (Lipinski definition) is 2. The molecule has 2 unspecified atom stereocenters. The molecule has 1 aliphatic carbocycles. The third-order valence-corrected chi connectivity index (χ3v) is 6.03. The molecular formula is C21H23ClN2O. The molecule has 0 spiro atoms. The van der Waals surface area contributed by atoms with Crippen LogP contribution in [0.1, 0.15) is 42.6 Å². The van der Waals surface area contributed by atoms with Crippen LogP contribution in [0, 0.1) is 11.8 Å². The first kappa shape index (κ1) is 16.6. The Hall–Kier alpha value is -1.87. The van der Waals surface area contributed by atoms with Crippen molar-refractivity contribution in [3.63, 3.8) is 0 Å². The summed E-state index contributed by atoms with van der Waals surface area (Å²) < 4.78 is 0. The van der Waals surface area contributed by atoms with Gasteiger partial charge in [0.25, 0.3) is 5.91 Å². The van der Waals surface area contributed by atoms with Crippen molar-refractivity contribution in [3.05, 3.63) is 53.2 Å². The average Bonchev–Trinajstić information content (AvgIpc) is 2.67. The quantitative estimate of drug-likeness (QED) is 0.755. The second kappa shape index (κ2) is 7.17. The molecule has 1 aromatic carbocycles.